The van der Waals surface area contributed by atoms with Crippen LogP contribution in [-0.4, -0.2) is 0 Å². The van der Waals surface area contributed by atoms with Crippen molar-refractivity contribution in [1.29, 1.82) is 0 Å². The number of rotatable bonds is 2. The minimum atomic E-state index is -4.41. The number of halogens is 4. The summed E-state index contributed by atoms with van der Waals surface area (Å²) in [4.78, 5) is 0. The maximum absolute atomic E-state index is 13.7. The topological polar surface area (TPSA) is 12.0 Å². The summed E-state index contributed by atoms with van der Waals surface area (Å²) in [6, 6.07) is 9.80. The van der Waals surface area contributed by atoms with Gasteiger partial charge in [0, 0.05) is 5.69 Å². The third kappa shape index (κ3) is 2.60. The lowest BCUT2D eigenvalue weighted by Crippen LogP contribution is -2.13. The second-order valence-corrected chi connectivity index (χ2v) is 5.09. The molecule has 0 spiro atoms. The van der Waals surface area contributed by atoms with Crippen molar-refractivity contribution in [3.63, 3.8) is 0 Å². The summed E-state index contributed by atoms with van der Waals surface area (Å²) in [5.74, 6) is -0.291. The van der Waals surface area contributed by atoms with Gasteiger partial charge in [0.25, 0.3) is 0 Å². The van der Waals surface area contributed by atoms with Gasteiger partial charge in [-0.3, -0.25) is 0 Å². The molecule has 0 saturated carbocycles. The zero-order valence-corrected chi connectivity index (χ0v) is 11.0. The predicted octanol–water partition coefficient (Wildman–Crippen LogP) is 4.94. The molecule has 1 nitrogen and oxygen atoms in total. The van der Waals surface area contributed by atoms with Gasteiger partial charge in [0.05, 0.1) is 11.6 Å². The van der Waals surface area contributed by atoms with Gasteiger partial charge in [-0.25, -0.2) is 4.39 Å². The molecule has 0 aliphatic heterocycles. The van der Waals surface area contributed by atoms with Crippen molar-refractivity contribution in [3.8, 4) is 0 Å². The van der Waals surface area contributed by atoms with E-state index in [-0.39, 0.29) is 17.5 Å². The largest absolute Gasteiger partial charge is 0.418 e. The minimum absolute atomic E-state index is 0.0344. The van der Waals surface area contributed by atoms with Crippen molar-refractivity contribution in [2.75, 3.05) is 5.32 Å². The van der Waals surface area contributed by atoms with Crippen molar-refractivity contribution < 1.29 is 17.6 Å². The second-order valence-electron chi connectivity index (χ2n) is 5.09. The van der Waals surface area contributed by atoms with Gasteiger partial charge in [-0.1, -0.05) is 24.3 Å². The summed E-state index contributed by atoms with van der Waals surface area (Å²) in [6.45, 7) is 0. The average molecular weight is 295 g/mol. The monoisotopic (exact) mass is 295 g/mol. The minimum Gasteiger partial charge on any atom is -0.378 e. The first-order valence-electron chi connectivity index (χ1n) is 6.67. The first-order valence-corrected chi connectivity index (χ1v) is 6.67. The number of hydrogen-bond acceptors (Lipinski definition) is 1. The van der Waals surface area contributed by atoms with E-state index in [1.54, 1.807) is 18.2 Å². The lowest BCUT2D eigenvalue weighted by molar-refractivity contribution is -0.137. The molecule has 110 valence electrons. The zero-order valence-electron chi connectivity index (χ0n) is 11.0. The Morgan fingerprint density at radius 3 is 2.52 bits per heavy atom. The number of benzene rings is 2. The highest BCUT2D eigenvalue weighted by Gasteiger charge is 2.34. The number of fused-ring (bicyclic) bond motifs is 1. The van der Waals surface area contributed by atoms with Crippen molar-refractivity contribution in [2.24, 2.45) is 0 Å². The summed E-state index contributed by atoms with van der Waals surface area (Å²) in [6.07, 6.45) is -3.29. The average Bonchev–Trinajstić information content (AvgIpc) is 2.83. The van der Waals surface area contributed by atoms with Crippen LogP contribution in [-0.2, 0) is 12.6 Å². The van der Waals surface area contributed by atoms with Crippen LogP contribution in [0, 0.1) is 5.82 Å². The lowest BCUT2D eigenvalue weighted by Gasteiger charge is -2.19. The van der Waals surface area contributed by atoms with Gasteiger partial charge in [-0.05, 0) is 42.2 Å². The molecule has 0 bridgehead atoms. The van der Waals surface area contributed by atoms with Crippen molar-refractivity contribution in [3.05, 3.63) is 65.0 Å². The van der Waals surface area contributed by atoms with Crippen LogP contribution in [0.4, 0.5) is 23.2 Å². The van der Waals surface area contributed by atoms with E-state index in [0.29, 0.717) is 18.4 Å². The molecule has 1 atom stereocenters. The first kappa shape index (κ1) is 13.9. The van der Waals surface area contributed by atoms with Gasteiger partial charge < -0.3 is 5.32 Å². The van der Waals surface area contributed by atoms with E-state index >= 15 is 0 Å². The molecule has 21 heavy (non-hydrogen) atoms. The van der Waals surface area contributed by atoms with Gasteiger partial charge in [0.2, 0.25) is 0 Å². The van der Waals surface area contributed by atoms with Crippen LogP contribution in [0.5, 0.6) is 0 Å². The number of hydrogen-bond donors (Lipinski definition) is 1. The summed E-state index contributed by atoms with van der Waals surface area (Å²) < 4.78 is 52.6. The van der Waals surface area contributed by atoms with E-state index in [4.69, 9.17) is 0 Å². The van der Waals surface area contributed by atoms with Crippen LogP contribution < -0.4 is 5.32 Å². The molecular formula is C16H13F4N. The third-order valence-electron chi connectivity index (χ3n) is 3.78. The molecule has 1 N–H and O–H groups in total. The Kier molecular flexibility index (Phi) is 3.35. The highest BCUT2D eigenvalue weighted by Crippen LogP contribution is 2.39. The Hall–Kier alpha value is -2.04. The molecule has 0 amide bonds. The van der Waals surface area contributed by atoms with E-state index in [0.717, 1.165) is 11.6 Å². The maximum atomic E-state index is 13.7. The van der Waals surface area contributed by atoms with Gasteiger partial charge in [-0.15, -0.1) is 0 Å². The predicted molar refractivity (Wildman–Crippen MR) is 72.5 cm³/mol. The summed E-state index contributed by atoms with van der Waals surface area (Å²) in [5.41, 5.74) is 0.674. The molecular weight excluding hydrogens is 282 g/mol. The quantitative estimate of drug-likeness (QED) is 0.773. The first-order chi connectivity index (χ1) is 9.97. The maximum Gasteiger partial charge on any atom is 0.418 e. The van der Waals surface area contributed by atoms with E-state index in [2.05, 4.69) is 5.32 Å². The number of nitrogens with one attached hydrogen (secondary N) is 1. The lowest BCUT2D eigenvalue weighted by atomic mass is 10.1. The van der Waals surface area contributed by atoms with Crippen LogP contribution in [0.2, 0.25) is 0 Å². The molecule has 1 aliphatic rings. The van der Waals surface area contributed by atoms with Gasteiger partial charge in [0.15, 0.2) is 0 Å². The van der Waals surface area contributed by atoms with Gasteiger partial charge in [-0.2, -0.15) is 13.2 Å². The van der Waals surface area contributed by atoms with Crippen molar-refractivity contribution >= 4 is 5.69 Å². The fraction of sp³-hybridized carbons (Fsp3) is 0.250. The van der Waals surface area contributed by atoms with Crippen LogP contribution in [0.15, 0.2) is 42.5 Å². The molecule has 3 rings (SSSR count). The Morgan fingerprint density at radius 2 is 1.76 bits per heavy atom. The normalized spacial score (nSPS) is 17.6. The highest BCUT2D eigenvalue weighted by atomic mass is 19.4. The van der Waals surface area contributed by atoms with Crippen molar-refractivity contribution in [1.82, 2.24) is 0 Å². The Labute approximate surface area is 119 Å². The van der Waals surface area contributed by atoms with Gasteiger partial charge >= 0.3 is 6.18 Å². The number of para-hydroxylation sites is 1. The molecule has 5 heteroatoms. The van der Waals surface area contributed by atoms with Crippen molar-refractivity contribution in [2.45, 2.75) is 25.1 Å². The number of alkyl halides is 3. The fourth-order valence-electron chi connectivity index (χ4n) is 2.80. The molecule has 0 saturated heterocycles. The summed E-state index contributed by atoms with van der Waals surface area (Å²) >= 11 is 0. The SMILES string of the molecule is Fc1cccc2c1CCC2Nc1ccccc1C(F)(F)F. The molecule has 1 unspecified atom stereocenters. The molecule has 1 aliphatic carbocycles. The van der Waals surface area contributed by atoms with E-state index in [1.165, 1.54) is 18.2 Å². The van der Waals surface area contributed by atoms with Gasteiger partial charge in [0.1, 0.15) is 5.82 Å². The van der Waals surface area contributed by atoms with E-state index < -0.39 is 11.7 Å². The molecule has 0 fully saturated rings. The molecule has 0 aromatic heterocycles. The molecule has 2 aromatic carbocycles. The van der Waals surface area contributed by atoms with Crippen LogP contribution in [0.25, 0.3) is 0 Å². The van der Waals surface area contributed by atoms with Crippen LogP contribution in [0.1, 0.15) is 29.2 Å². The fourth-order valence-corrected chi connectivity index (χ4v) is 2.80. The van der Waals surface area contributed by atoms with Crippen LogP contribution in [0.3, 0.4) is 0 Å². The number of anilines is 1. The Morgan fingerprint density at radius 1 is 1.00 bits per heavy atom. The highest BCUT2D eigenvalue weighted by molar-refractivity contribution is 5.55. The molecule has 0 heterocycles. The zero-order chi connectivity index (χ0) is 15.0. The Bertz CT molecular complexity index is 664. The standard InChI is InChI=1S/C16H13F4N/c17-13-6-3-4-11-10(13)8-9-14(11)21-15-7-2-1-5-12(15)16(18,19)20/h1-7,14,21H,8-9H2. The molecule has 2 aromatic rings. The van der Waals surface area contributed by atoms with E-state index in [9.17, 15) is 17.6 Å². The summed E-state index contributed by atoms with van der Waals surface area (Å²) in [7, 11) is 0. The smallest absolute Gasteiger partial charge is 0.378 e. The van der Waals surface area contributed by atoms with Crippen LogP contribution >= 0.6 is 0 Å². The second kappa shape index (κ2) is 5.06. The Balaban J connectivity index is 1.92. The van der Waals surface area contributed by atoms with E-state index in [1.807, 2.05) is 0 Å². The third-order valence-corrected chi connectivity index (χ3v) is 3.78. The summed E-state index contributed by atoms with van der Waals surface area (Å²) in [5, 5.41) is 2.91. The molecule has 0 radical (unpaired) electrons.